The Hall–Kier alpha value is -6.24. The van der Waals surface area contributed by atoms with Crippen LogP contribution >= 0.6 is 0 Å². The molecule has 0 spiro atoms. The third kappa shape index (κ3) is 4.14. The highest BCUT2D eigenvalue weighted by Gasteiger charge is 2.54. The second-order valence-electron chi connectivity index (χ2n) is 16.1. The highest BCUT2D eigenvalue weighted by Crippen LogP contribution is 2.62. The maximum atomic E-state index is 2.62. The largest absolute Gasteiger partial charge is 0.0755 e. The van der Waals surface area contributed by atoms with Crippen molar-refractivity contribution in [2.24, 2.45) is 5.41 Å². The smallest absolute Gasteiger partial charge is 0.0121 e. The molecule has 0 aliphatic heterocycles. The van der Waals surface area contributed by atoms with Crippen LogP contribution in [0.1, 0.15) is 43.4 Å². The van der Waals surface area contributed by atoms with Gasteiger partial charge in [0.05, 0.1) is 0 Å². The van der Waals surface area contributed by atoms with E-state index < -0.39 is 0 Å². The summed E-state index contributed by atoms with van der Waals surface area (Å²) in [5.41, 5.74) is 10.7. The van der Waals surface area contributed by atoms with Gasteiger partial charge in [-0.3, -0.25) is 0 Å². The van der Waals surface area contributed by atoms with E-state index in [0.717, 1.165) is 0 Å². The average molecular weight is 689 g/mol. The molecule has 0 heterocycles. The summed E-state index contributed by atoms with van der Waals surface area (Å²) in [4.78, 5) is 0. The summed E-state index contributed by atoms with van der Waals surface area (Å²) >= 11 is 0. The van der Waals surface area contributed by atoms with Crippen molar-refractivity contribution in [1.29, 1.82) is 0 Å². The lowest BCUT2D eigenvalue weighted by Gasteiger charge is -2.42. The molecular formula is C54H40. The normalized spacial score (nSPS) is 18.7. The molecule has 0 fully saturated rings. The first-order valence-electron chi connectivity index (χ1n) is 19.3. The van der Waals surface area contributed by atoms with Crippen molar-refractivity contribution in [2.75, 3.05) is 0 Å². The molecule has 2 aliphatic rings. The molecule has 0 nitrogen and oxygen atoms in total. The summed E-state index contributed by atoms with van der Waals surface area (Å²) in [6, 6.07) is 61.1. The van der Waals surface area contributed by atoms with Gasteiger partial charge >= 0.3 is 0 Å². The van der Waals surface area contributed by atoms with E-state index in [-0.39, 0.29) is 10.8 Å². The average Bonchev–Trinajstić information content (AvgIpc) is 3.39. The van der Waals surface area contributed by atoms with Crippen molar-refractivity contribution >= 4 is 59.4 Å². The molecule has 0 N–H and O–H groups in total. The van der Waals surface area contributed by atoms with E-state index in [4.69, 9.17) is 0 Å². The standard InChI is InChI=1S/C54H40/c1-53(2)47-30-15-14-28-46(47)48-32-31-35(33-54(48,53)3)49-38-20-6-10-24-42(38)51(43-25-11-7-21-39(43)49)52-44-26-12-8-22-40(44)50(41-23-9-13-27-45(41)52)37-29-16-18-34-17-4-5-19-36(34)37/h4-33,48H,1-3H3/t48?,54-/m1/s1. The number of allylic oxidation sites excluding steroid dienone is 4. The third-order valence-corrected chi connectivity index (χ3v) is 13.3. The maximum Gasteiger partial charge on any atom is 0.0121 e. The van der Waals surface area contributed by atoms with Crippen LogP contribution in [0.5, 0.6) is 0 Å². The van der Waals surface area contributed by atoms with Gasteiger partial charge in [-0.25, -0.2) is 0 Å². The Morgan fingerprint density at radius 3 is 1.37 bits per heavy atom. The van der Waals surface area contributed by atoms with E-state index in [2.05, 4.69) is 203 Å². The van der Waals surface area contributed by atoms with Gasteiger partial charge in [-0.05, 0) is 104 Å². The Morgan fingerprint density at radius 1 is 0.389 bits per heavy atom. The second-order valence-corrected chi connectivity index (χ2v) is 16.1. The van der Waals surface area contributed by atoms with Gasteiger partial charge in [-0.2, -0.15) is 0 Å². The zero-order valence-corrected chi connectivity index (χ0v) is 30.9. The lowest BCUT2D eigenvalue weighted by Crippen LogP contribution is -2.36. The molecule has 9 aromatic carbocycles. The molecule has 256 valence electrons. The molecule has 9 aromatic rings. The molecule has 0 heteroatoms. The predicted molar refractivity (Wildman–Crippen MR) is 232 cm³/mol. The number of benzene rings is 9. The SMILES string of the molecule is CC1(C)c2ccccc2C2C=CC(c3c4ccccc4c(-c4c5ccccc5c(-c5cccc6ccccc56)c5ccccc45)c4ccccc34)=C[C@]21C. The monoisotopic (exact) mass is 688 g/mol. The molecule has 0 aromatic heterocycles. The van der Waals surface area contributed by atoms with Crippen molar-refractivity contribution in [3.05, 3.63) is 199 Å². The molecule has 54 heavy (non-hydrogen) atoms. The van der Waals surface area contributed by atoms with Gasteiger partial charge < -0.3 is 0 Å². The molecule has 0 amide bonds. The van der Waals surface area contributed by atoms with Crippen molar-refractivity contribution in [3.63, 3.8) is 0 Å². The minimum absolute atomic E-state index is 0.0144. The second kappa shape index (κ2) is 11.4. The molecule has 0 bridgehead atoms. The van der Waals surface area contributed by atoms with Gasteiger partial charge in [0, 0.05) is 11.3 Å². The first-order chi connectivity index (χ1) is 26.5. The molecule has 0 radical (unpaired) electrons. The van der Waals surface area contributed by atoms with Crippen LogP contribution in [0.4, 0.5) is 0 Å². The molecular weight excluding hydrogens is 649 g/mol. The first kappa shape index (κ1) is 31.3. The van der Waals surface area contributed by atoms with Crippen molar-refractivity contribution in [1.82, 2.24) is 0 Å². The Labute approximate surface area is 316 Å². The van der Waals surface area contributed by atoms with Crippen LogP contribution in [0.15, 0.2) is 182 Å². The van der Waals surface area contributed by atoms with Gasteiger partial charge in [0.15, 0.2) is 0 Å². The fraction of sp³-hybridized carbons (Fsp3) is 0.111. The van der Waals surface area contributed by atoms with Crippen LogP contribution in [0, 0.1) is 5.41 Å². The Bertz CT molecular complexity index is 2980. The summed E-state index contributed by atoms with van der Waals surface area (Å²) in [5.74, 6) is 0.349. The van der Waals surface area contributed by atoms with E-state index >= 15 is 0 Å². The Balaban J connectivity index is 1.24. The lowest BCUT2D eigenvalue weighted by atomic mass is 9.61. The quantitative estimate of drug-likeness (QED) is 0.162. The molecule has 2 aliphatic carbocycles. The number of rotatable bonds is 3. The molecule has 2 atom stereocenters. The van der Waals surface area contributed by atoms with Crippen molar-refractivity contribution in [2.45, 2.75) is 32.1 Å². The summed E-state index contributed by atoms with van der Waals surface area (Å²) in [6.45, 7) is 7.36. The zero-order chi connectivity index (χ0) is 36.2. The van der Waals surface area contributed by atoms with Crippen molar-refractivity contribution < 1.29 is 0 Å². The number of hydrogen-bond acceptors (Lipinski definition) is 0. The van der Waals surface area contributed by atoms with E-state index in [0.29, 0.717) is 5.92 Å². The van der Waals surface area contributed by atoms with Crippen LogP contribution in [0.3, 0.4) is 0 Å². The van der Waals surface area contributed by atoms with Gasteiger partial charge in [-0.15, -0.1) is 0 Å². The third-order valence-electron chi connectivity index (χ3n) is 13.3. The Morgan fingerprint density at radius 2 is 0.815 bits per heavy atom. The Kier molecular flexibility index (Phi) is 6.60. The fourth-order valence-electron chi connectivity index (χ4n) is 10.5. The zero-order valence-electron chi connectivity index (χ0n) is 30.9. The minimum Gasteiger partial charge on any atom is -0.0755 e. The first-order valence-corrected chi connectivity index (χ1v) is 19.3. The van der Waals surface area contributed by atoms with Crippen LogP contribution in [0.2, 0.25) is 0 Å². The molecule has 1 unspecified atom stereocenters. The minimum atomic E-state index is -0.0640. The number of hydrogen-bond donors (Lipinski definition) is 0. The molecule has 11 rings (SSSR count). The van der Waals surface area contributed by atoms with Crippen molar-refractivity contribution in [3.8, 4) is 22.3 Å². The van der Waals surface area contributed by atoms with Crippen LogP contribution in [0.25, 0.3) is 81.7 Å². The maximum absolute atomic E-state index is 2.62. The van der Waals surface area contributed by atoms with E-state index in [9.17, 15) is 0 Å². The summed E-state index contributed by atoms with van der Waals surface area (Å²) in [6.07, 6.45) is 7.53. The van der Waals surface area contributed by atoms with E-state index in [1.807, 2.05) is 0 Å². The highest BCUT2D eigenvalue weighted by atomic mass is 14.6. The summed E-state index contributed by atoms with van der Waals surface area (Å²) < 4.78 is 0. The summed E-state index contributed by atoms with van der Waals surface area (Å²) in [7, 11) is 0. The fourth-order valence-corrected chi connectivity index (χ4v) is 10.5. The lowest BCUT2D eigenvalue weighted by molar-refractivity contribution is 0.246. The van der Waals surface area contributed by atoms with E-state index in [1.165, 1.54) is 98.4 Å². The highest BCUT2D eigenvalue weighted by molar-refractivity contribution is 6.30. The van der Waals surface area contributed by atoms with Crippen LogP contribution < -0.4 is 0 Å². The van der Waals surface area contributed by atoms with Gasteiger partial charge in [0.2, 0.25) is 0 Å². The van der Waals surface area contributed by atoms with Crippen LogP contribution in [-0.4, -0.2) is 0 Å². The summed E-state index contributed by atoms with van der Waals surface area (Å²) in [5, 5.41) is 12.8. The van der Waals surface area contributed by atoms with Gasteiger partial charge in [-0.1, -0.05) is 203 Å². The number of fused-ring (bicyclic) bond motifs is 8. The molecule has 0 saturated heterocycles. The van der Waals surface area contributed by atoms with Crippen LogP contribution in [-0.2, 0) is 5.41 Å². The predicted octanol–water partition coefficient (Wildman–Crippen LogP) is 14.8. The van der Waals surface area contributed by atoms with E-state index in [1.54, 1.807) is 0 Å². The van der Waals surface area contributed by atoms with Gasteiger partial charge in [0.25, 0.3) is 0 Å². The van der Waals surface area contributed by atoms with Gasteiger partial charge in [0.1, 0.15) is 0 Å². The molecule has 0 saturated carbocycles. The topological polar surface area (TPSA) is 0 Å².